The van der Waals surface area contributed by atoms with Gasteiger partial charge in [-0.25, -0.2) is 0 Å². The molecule has 0 aromatic heterocycles. The molecule has 3 aliphatic rings. The molecule has 0 saturated carbocycles. The summed E-state index contributed by atoms with van der Waals surface area (Å²) in [6.07, 6.45) is 5.66. The smallest absolute Gasteiger partial charge is 0.191 e. The molecule has 2 N–H and O–H groups in total. The van der Waals surface area contributed by atoms with Crippen molar-refractivity contribution in [2.45, 2.75) is 70.1 Å². The Morgan fingerprint density at radius 1 is 1.16 bits per heavy atom. The molecular formula is C24H39IN4O2. The first-order valence-electron chi connectivity index (χ1n) is 11.7. The number of aliphatic imine (C=N–C) groups is 1. The molecule has 0 bridgehead atoms. The highest BCUT2D eigenvalue weighted by Gasteiger charge is 2.40. The van der Waals surface area contributed by atoms with E-state index in [0.717, 1.165) is 57.3 Å². The van der Waals surface area contributed by atoms with Crippen LogP contribution >= 0.6 is 24.0 Å². The van der Waals surface area contributed by atoms with E-state index in [4.69, 9.17) is 14.5 Å². The Kier molecular flexibility index (Phi) is 8.49. The number of guanidine groups is 1. The third kappa shape index (κ3) is 5.85. The van der Waals surface area contributed by atoms with Crippen molar-refractivity contribution >= 4 is 29.9 Å². The predicted octanol–water partition coefficient (Wildman–Crippen LogP) is 4.11. The first kappa shape index (κ1) is 24.6. The molecule has 4 rings (SSSR count). The molecule has 6 nitrogen and oxygen atoms in total. The number of likely N-dealkylation sites (tertiary alicyclic amines) is 1. The fourth-order valence-electron chi connectivity index (χ4n) is 5.16. The van der Waals surface area contributed by atoms with Gasteiger partial charge in [0.05, 0.1) is 12.6 Å². The number of hydrogen-bond donors (Lipinski definition) is 2. The maximum absolute atomic E-state index is 6.21. The van der Waals surface area contributed by atoms with E-state index >= 15 is 0 Å². The average Bonchev–Trinajstić information content (AvgIpc) is 3.28. The minimum Gasteiger partial charge on any atom is -0.487 e. The van der Waals surface area contributed by atoms with E-state index in [0.29, 0.717) is 0 Å². The van der Waals surface area contributed by atoms with Gasteiger partial charge in [-0.1, -0.05) is 18.2 Å². The van der Waals surface area contributed by atoms with E-state index in [9.17, 15) is 0 Å². The number of nitrogens with one attached hydrogen (secondary N) is 2. The first-order chi connectivity index (χ1) is 14.5. The lowest BCUT2D eigenvalue weighted by Crippen LogP contribution is -2.54. The number of para-hydroxylation sites is 1. The summed E-state index contributed by atoms with van der Waals surface area (Å²) in [6, 6.07) is 8.54. The Morgan fingerprint density at radius 3 is 2.58 bits per heavy atom. The van der Waals surface area contributed by atoms with E-state index in [1.54, 1.807) is 0 Å². The van der Waals surface area contributed by atoms with Crippen LogP contribution in [0.5, 0.6) is 5.75 Å². The summed E-state index contributed by atoms with van der Waals surface area (Å²) in [4.78, 5) is 7.80. The van der Waals surface area contributed by atoms with Crippen LogP contribution < -0.4 is 15.4 Å². The zero-order valence-corrected chi connectivity index (χ0v) is 21.6. The van der Waals surface area contributed by atoms with E-state index in [1.165, 1.54) is 31.5 Å². The van der Waals surface area contributed by atoms with Gasteiger partial charge in [0.2, 0.25) is 0 Å². The van der Waals surface area contributed by atoms with E-state index < -0.39 is 0 Å². The number of benzene rings is 1. The number of ether oxygens (including phenoxy) is 2. The van der Waals surface area contributed by atoms with Crippen LogP contribution in [0.15, 0.2) is 29.3 Å². The molecule has 2 fully saturated rings. The second kappa shape index (κ2) is 10.7. The van der Waals surface area contributed by atoms with Crippen molar-refractivity contribution in [2.75, 3.05) is 39.4 Å². The van der Waals surface area contributed by atoms with Crippen molar-refractivity contribution < 1.29 is 9.47 Å². The van der Waals surface area contributed by atoms with Crippen LogP contribution in [-0.4, -0.2) is 61.4 Å². The maximum atomic E-state index is 6.21. The van der Waals surface area contributed by atoms with Gasteiger partial charge < -0.3 is 20.1 Å². The second-order valence-corrected chi connectivity index (χ2v) is 9.53. The lowest BCUT2D eigenvalue weighted by atomic mass is 9.88. The van der Waals surface area contributed by atoms with Gasteiger partial charge in [0.1, 0.15) is 11.4 Å². The molecular weight excluding hydrogens is 503 g/mol. The molecule has 7 heteroatoms. The van der Waals surface area contributed by atoms with Crippen molar-refractivity contribution in [3.05, 3.63) is 29.8 Å². The number of hydrogen-bond acceptors (Lipinski definition) is 4. The van der Waals surface area contributed by atoms with Crippen LogP contribution in [0.2, 0.25) is 0 Å². The maximum Gasteiger partial charge on any atom is 0.191 e. The molecule has 1 unspecified atom stereocenters. The van der Waals surface area contributed by atoms with Crippen LogP contribution in [0.1, 0.15) is 64.5 Å². The minimum atomic E-state index is -0.208. The third-order valence-electron chi connectivity index (χ3n) is 6.76. The van der Waals surface area contributed by atoms with Crippen LogP contribution in [-0.2, 0) is 4.74 Å². The quantitative estimate of drug-likeness (QED) is 0.334. The van der Waals surface area contributed by atoms with Crippen molar-refractivity contribution in [3.63, 3.8) is 0 Å². The zero-order chi connectivity index (χ0) is 21.0. The van der Waals surface area contributed by atoms with Gasteiger partial charge in [0.25, 0.3) is 0 Å². The molecule has 3 heterocycles. The minimum absolute atomic E-state index is 0. The van der Waals surface area contributed by atoms with Gasteiger partial charge in [-0.15, -0.1) is 24.0 Å². The molecule has 1 atom stereocenters. The second-order valence-electron chi connectivity index (χ2n) is 9.53. The molecule has 1 aromatic rings. The molecule has 174 valence electrons. The normalized spacial score (nSPS) is 25.1. The number of nitrogens with zero attached hydrogens (tertiary/aromatic N) is 2. The van der Waals surface area contributed by atoms with Gasteiger partial charge >= 0.3 is 0 Å². The Hall–Kier alpha value is -1.06. The van der Waals surface area contributed by atoms with E-state index in [2.05, 4.69) is 54.5 Å². The molecule has 0 spiro atoms. The molecule has 31 heavy (non-hydrogen) atoms. The standard InChI is InChI=1S/C24H38N4O2.HI/c1-4-25-22(26-18-24(11-15-29-16-12-24)28-13-7-8-14-28)27-20-17-23(2,3)30-21-10-6-5-9-19(20)21;/h5-6,9-10,20H,4,7-8,11-18H2,1-3H3,(H2,25,26,27);1H. The number of rotatable bonds is 5. The van der Waals surface area contributed by atoms with Crippen molar-refractivity contribution in [3.8, 4) is 5.75 Å². The van der Waals surface area contributed by atoms with Gasteiger partial charge in [0, 0.05) is 37.3 Å². The SMILES string of the molecule is CCNC(=NCC1(N2CCCC2)CCOCC1)NC1CC(C)(C)Oc2ccccc21.I. The van der Waals surface area contributed by atoms with Crippen molar-refractivity contribution in [1.82, 2.24) is 15.5 Å². The average molecular weight is 543 g/mol. The summed E-state index contributed by atoms with van der Waals surface area (Å²) < 4.78 is 11.9. The summed E-state index contributed by atoms with van der Waals surface area (Å²) in [5.41, 5.74) is 1.15. The number of fused-ring (bicyclic) bond motifs is 1. The van der Waals surface area contributed by atoms with Crippen LogP contribution in [0.4, 0.5) is 0 Å². The highest BCUT2D eigenvalue weighted by Crippen LogP contribution is 2.39. The summed E-state index contributed by atoms with van der Waals surface area (Å²) >= 11 is 0. The summed E-state index contributed by atoms with van der Waals surface area (Å²) in [5, 5.41) is 7.21. The van der Waals surface area contributed by atoms with Crippen molar-refractivity contribution in [2.24, 2.45) is 4.99 Å². The van der Waals surface area contributed by atoms with Crippen LogP contribution in [0.25, 0.3) is 0 Å². The van der Waals surface area contributed by atoms with E-state index in [-0.39, 0.29) is 41.2 Å². The van der Waals surface area contributed by atoms with Gasteiger partial charge in [-0.05, 0) is 65.6 Å². The molecule has 1 aromatic carbocycles. The largest absolute Gasteiger partial charge is 0.487 e. The monoisotopic (exact) mass is 542 g/mol. The Morgan fingerprint density at radius 2 is 1.87 bits per heavy atom. The Labute approximate surface area is 204 Å². The molecule has 3 aliphatic heterocycles. The highest BCUT2D eigenvalue weighted by molar-refractivity contribution is 14.0. The highest BCUT2D eigenvalue weighted by atomic mass is 127. The first-order valence-corrected chi connectivity index (χ1v) is 11.7. The summed E-state index contributed by atoms with van der Waals surface area (Å²) in [5.74, 6) is 1.88. The molecule has 0 aliphatic carbocycles. The van der Waals surface area contributed by atoms with Gasteiger partial charge in [-0.3, -0.25) is 9.89 Å². The topological polar surface area (TPSA) is 58.1 Å². The third-order valence-corrected chi connectivity index (χ3v) is 6.76. The molecule has 0 amide bonds. The van der Waals surface area contributed by atoms with E-state index in [1.807, 2.05) is 6.07 Å². The fraction of sp³-hybridized carbons (Fsp3) is 0.708. The predicted molar refractivity (Wildman–Crippen MR) is 137 cm³/mol. The van der Waals surface area contributed by atoms with Crippen LogP contribution in [0, 0.1) is 0 Å². The lowest BCUT2D eigenvalue weighted by molar-refractivity contribution is -0.0139. The summed E-state index contributed by atoms with van der Waals surface area (Å²) in [7, 11) is 0. The van der Waals surface area contributed by atoms with Gasteiger partial charge in [0.15, 0.2) is 5.96 Å². The Bertz CT molecular complexity index is 743. The van der Waals surface area contributed by atoms with Crippen molar-refractivity contribution in [1.29, 1.82) is 0 Å². The van der Waals surface area contributed by atoms with Gasteiger partial charge in [-0.2, -0.15) is 0 Å². The number of halogens is 1. The Balaban J connectivity index is 0.00000272. The fourth-order valence-corrected chi connectivity index (χ4v) is 5.16. The summed E-state index contributed by atoms with van der Waals surface area (Å²) in [6.45, 7) is 12.2. The van der Waals surface area contributed by atoms with Crippen LogP contribution in [0.3, 0.4) is 0 Å². The lowest BCUT2D eigenvalue weighted by Gasteiger charge is -2.44. The molecule has 2 saturated heterocycles. The zero-order valence-electron chi connectivity index (χ0n) is 19.3. The molecule has 0 radical (unpaired) electrons.